The Hall–Kier alpha value is -2.87. The van der Waals surface area contributed by atoms with Crippen LogP contribution in [0.3, 0.4) is 0 Å². The normalized spacial score (nSPS) is 10.4. The number of carbonyl (C=O) groups excluding carboxylic acids is 1. The largest absolute Gasteiger partial charge is 0.340 e. The number of hydrogen-bond donors (Lipinski definition) is 2. The van der Waals surface area contributed by atoms with E-state index in [-0.39, 0.29) is 11.9 Å². The standard InChI is InChI=1S/C16H15N5O2S/c1-2-24-13-7-3-5-11(9-13)15(22)19-20-16-18-14(21-23-16)12-6-4-8-17-10-12/h3-10H,2H2,1H3,(H,19,22)(H,18,20,21). The molecule has 3 rings (SSSR count). The Balaban J connectivity index is 1.62. The topological polar surface area (TPSA) is 92.9 Å². The minimum Gasteiger partial charge on any atom is -0.313 e. The van der Waals surface area contributed by atoms with Crippen molar-refractivity contribution in [2.45, 2.75) is 11.8 Å². The minimum absolute atomic E-state index is 0.0984. The second-order valence-corrected chi connectivity index (χ2v) is 6.04. The Morgan fingerprint density at radius 1 is 1.29 bits per heavy atom. The van der Waals surface area contributed by atoms with E-state index in [1.165, 1.54) is 0 Å². The second-order valence-electron chi connectivity index (χ2n) is 4.70. The molecule has 1 aromatic carbocycles. The van der Waals surface area contributed by atoms with Gasteiger partial charge in [-0.2, -0.15) is 4.98 Å². The van der Waals surface area contributed by atoms with Crippen LogP contribution in [0.25, 0.3) is 11.4 Å². The summed E-state index contributed by atoms with van der Waals surface area (Å²) in [6, 6.07) is 11.1. The van der Waals surface area contributed by atoms with E-state index in [9.17, 15) is 4.79 Å². The van der Waals surface area contributed by atoms with Crippen molar-refractivity contribution in [1.29, 1.82) is 0 Å². The first-order valence-electron chi connectivity index (χ1n) is 7.29. The summed E-state index contributed by atoms with van der Waals surface area (Å²) in [5.74, 6) is 1.05. The lowest BCUT2D eigenvalue weighted by Gasteiger charge is -2.05. The summed E-state index contributed by atoms with van der Waals surface area (Å²) in [5, 5.41) is 3.83. The monoisotopic (exact) mass is 341 g/mol. The van der Waals surface area contributed by atoms with Crippen LogP contribution in [0, 0.1) is 0 Å². The molecule has 0 spiro atoms. The zero-order valence-electron chi connectivity index (χ0n) is 12.9. The third-order valence-electron chi connectivity index (χ3n) is 3.04. The van der Waals surface area contributed by atoms with Gasteiger partial charge in [0, 0.05) is 28.4 Å². The highest BCUT2D eigenvalue weighted by Gasteiger charge is 2.10. The molecule has 0 bridgehead atoms. The molecule has 2 heterocycles. The molecule has 24 heavy (non-hydrogen) atoms. The van der Waals surface area contributed by atoms with E-state index in [1.807, 2.05) is 24.3 Å². The fourth-order valence-corrected chi connectivity index (χ4v) is 2.68. The van der Waals surface area contributed by atoms with Crippen molar-refractivity contribution in [3.05, 3.63) is 54.4 Å². The van der Waals surface area contributed by atoms with Crippen LogP contribution < -0.4 is 10.9 Å². The van der Waals surface area contributed by atoms with Gasteiger partial charge >= 0.3 is 6.01 Å². The lowest BCUT2D eigenvalue weighted by atomic mass is 10.2. The Bertz CT molecular complexity index is 822. The van der Waals surface area contributed by atoms with Crippen LogP contribution in [0.4, 0.5) is 6.01 Å². The van der Waals surface area contributed by atoms with Gasteiger partial charge in [0.25, 0.3) is 5.91 Å². The van der Waals surface area contributed by atoms with Crippen LogP contribution in [0.15, 0.2) is 58.2 Å². The third-order valence-corrected chi connectivity index (χ3v) is 3.91. The van der Waals surface area contributed by atoms with E-state index >= 15 is 0 Å². The molecule has 7 nitrogen and oxygen atoms in total. The fourth-order valence-electron chi connectivity index (χ4n) is 1.96. The van der Waals surface area contributed by atoms with Gasteiger partial charge in [0.15, 0.2) is 0 Å². The van der Waals surface area contributed by atoms with Crippen LogP contribution in [-0.2, 0) is 0 Å². The molecule has 0 aliphatic heterocycles. The van der Waals surface area contributed by atoms with Crippen molar-refractivity contribution < 1.29 is 9.32 Å². The molecule has 0 saturated carbocycles. The molecule has 2 N–H and O–H groups in total. The molecule has 0 atom stereocenters. The summed E-state index contributed by atoms with van der Waals surface area (Å²) >= 11 is 1.68. The molecule has 0 aliphatic carbocycles. The lowest BCUT2D eigenvalue weighted by molar-refractivity contribution is 0.0961. The molecule has 3 aromatic rings. The van der Waals surface area contributed by atoms with Gasteiger partial charge in [0.1, 0.15) is 0 Å². The summed E-state index contributed by atoms with van der Waals surface area (Å²) < 4.78 is 5.05. The quantitative estimate of drug-likeness (QED) is 0.526. The highest BCUT2D eigenvalue weighted by Crippen LogP contribution is 2.19. The summed E-state index contributed by atoms with van der Waals surface area (Å²) in [6.45, 7) is 2.06. The van der Waals surface area contributed by atoms with Gasteiger partial charge in [-0.1, -0.05) is 18.1 Å². The molecule has 0 unspecified atom stereocenters. The zero-order chi connectivity index (χ0) is 16.8. The molecular formula is C16H15N5O2S. The first-order chi connectivity index (χ1) is 11.8. The van der Waals surface area contributed by atoms with Gasteiger partial charge in [0.05, 0.1) is 0 Å². The number of aromatic nitrogens is 3. The predicted octanol–water partition coefficient (Wildman–Crippen LogP) is 3.00. The highest BCUT2D eigenvalue weighted by molar-refractivity contribution is 7.99. The molecule has 0 radical (unpaired) electrons. The van der Waals surface area contributed by atoms with Crippen molar-refractivity contribution in [3.8, 4) is 11.4 Å². The van der Waals surface area contributed by atoms with E-state index < -0.39 is 0 Å². The summed E-state index contributed by atoms with van der Waals surface area (Å²) in [5.41, 5.74) is 6.43. The van der Waals surface area contributed by atoms with E-state index in [0.29, 0.717) is 11.4 Å². The number of thioether (sulfide) groups is 1. The molecule has 1 amide bonds. The Labute approximate surface area is 142 Å². The van der Waals surface area contributed by atoms with Crippen molar-refractivity contribution in [3.63, 3.8) is 0 Å². The average molecular weight is 341 g/mol. The van der Waals surface area contributed by atoms with Crippen molar-refractivity contribution >= 4 is 23.7 Å². The van der Waals surface area contributed by atoms with E-state index in [0.717, 1.165) is 16.2 Å². The molecule has 0 fully saturated rings. The predicted molar refractivity (Wildman–Crippen MR) is 91.5 cm³/mol. The summed E-state index contributed by atoms with van der Waals surface area (Å²) in [6.07, 6.45) is 3.29. The average Bonchev–Trinajstić information content (AvgIpc) is 3.10. The number of hydrogen-bond acceptors (Lipinski definition) is 7. The van der Waals surface area contributed by atoms with Gasteiger partial charge in [-0.05, 0) is 36.1 Å². The van der Waals surface area contributed by atoms with Crippen molar-refractivity contribution in [2.75, 3.05) is 11.2 Å². The van der Waals surface area contributed by atoms with Gasteiger partial charge in [-0.25, -0.2) is 5.43 Å². The number of carbonyl (C=O) groups is 1. The Morgan fingerprint density at radius 2 is 2.21 bits per heavy atom. The first kappa shape index (κ1) is 16.0. The number of hydrazine groups is 1. The number of nitrogens with one attached hydrogen (secondary N) is 2. The molecule has 2 aromatic heterocycles. The van der Waals surface area contributed by atoms with E-state index in [1.54, 1.807) is 36.3 Å². The Kier molecular flexibility index (Phi) is 5.07. The maximum Gasteiger partial charge on any atom is 0.340 e. The minimum atomic E-state index is -0.283. The van der Waals surface area contributed by atoms with Crippen LogP contribution >= 0.6 is 11.8 Å². The maximum atomic E-state index is 12.2. The third kappa shape index (κ3) is 3.90. The van der Waals surface area contributed by atoms with Crippen molar-refractivity contribution in [2.24, 2.45) is 0 Å². The summed E-state index contributed by atoms with van der Waals surface area (Å²) in [7, 11) is 0. The number of rotatable bonds is 6. The van der Waals surface area contributed by atoms with Gasteiger partial charge in [0.2, 0.25) is 5.82 Å². The highest BCUT2D eigenvalue weighted by atomic mass is 32.2. The molecule has 8 heteroatoms. The number of pyridine rings is 1. The molecule has 0 aliphatic rings. The van der Waals surface area contributed by atoms with Crippen LogP contribution in [-0.4, -0.2) is 26.8 Å². The molecule has 122 valence electrons. The van der Waals surface area contributed by atoms with Crippen molar-refractivity contribution in [1.82, 2.24) is 20.6 Å². The number of anilines is 1. The number of nitrogens with zero attached hydrogens (tertiary/aromatic N) is 3. The van der Waals surface area contributed by atoms with Crippen LogP contribution in [0.2, 0.25) is 0 Å². The second kappa shape index (κ2) is 7.60. The SMILES string of the molecule is CCSc1cccc(C(=O)NNc2nc(-c3cccnc3)no2)c1. The molecular weight excluding hydrogens is 326 g/mol. The van der Waals surface area contributed by atoms with Gasteiger partial charge in [-0.3, -0.25) is 15.2 Å². The smallest absolute Gasteiger partial charge is 0.313 e. The fraction of sp³-hybridized carbons (Fsp3) is 0.125. The number of benzene rings is 1. The van der Waals surface area contributed by atoms with Gasteiger partial charge in [-0.15, -0.1) is 11.8 Å². The van der Waals surface area contributed by atoms with E-state index in [4.69, 9.17) is 4.52 Å². The first-order valence-corrected chi connectivity index (χ1v) is 8.28. The lowest BCUT2D eigenvalue weighted by Crippen LogP contribution is -2.29. The summed E-state index contributed by atoms with van der Waals surface area (Å²) in [4.78, 5) is 21.4. The molecule has 0 saturated heterocycles. The van der Waals surface area contributed by atoms with Gasteiger partial charge < -0.3 is 4.52 Å². The number of amides is 1. The van der Waals surface area contributed by atoms with Crippen LogP contribution in [0.5, 0.6) is 0 Å². The van der Waals surface area contributed by atoms with Crippen LogP contribution in [0.1, 0.15) is 17.3 Å². The Morgan fingerprint density at radius 3 is 3.00 bits per heavy atom. The zero-order valence-corrected chi connectivity index (χ0v) is 13.7. The maximum absolute atomic E-state index is 12.2. The van der Waals surface area contributed by atoms with E-state index in [2.05, 4.69) is 32.9 Å².